The Morgan fingerprint density at radius 3 is 2.50 bits per heavy atom. The van der Waals surface area contributed by atoms with Crippen molar-refractivity contribution >= 4 is 0 Å². The summed E-state index contributed by atoms with van der Waals surface area (Å²) in [4.78, 5) is 0. The van der Waals surface area contributed by atoms with Crippen LogP contribution < -0.4 is 0 Å². The van der Waals surface area contributed by atoms with Gasteiger partial charge in [0.25, 0.3) is 0 Å². The van der Waals surface area contributed by atoms with Crippen LogP contribution >= 0.6 is 0 Å². The van der Waals surface area contributed by atoms with Crippen LogP contribution in [-0.2, 0) is 9.47 Å². The highest BCUT2D eigenvalue weighted by atomic mass is 16.7. The highest BCUT2D eigenvalue weighted by Crippen LogP contribution is 2.66. The predicted octanol–water partition coefficient (Wildman–Crippen LogP) is 1.25. The lowest BCUT2D eigenvalue weighted by atomic mass is 9.67. The Morgan fingerprint density at radius 2 is 1.78 bits per heavy atom. The van der Waals surface area contributed by atoms with Crippen LogP contribution in [0.5, 0.6) is 0 Å². The molecule has 102 valence electrons. The molecule has 2 aliphatic heterocycles. The monoisotopic (exact) mass is 254 g/mol. The summed E-state index contributed by atoms with van der Waals surface area (Å²) in [5.41, 5.74) is 0.0142. The summed E-state index contributed by atoms with van der Waals surface area (Å²) in [6, 6.07) is 0. The molecule has 0 radical (unpaired) electrons. The SMILES string of the molecule is CC1(C)C[C@H]2[C@@H]3O[C@H](O)[C@]4(O)O[C@@](C)(C[C@H]34)[C@H]2C1. The zero-order valence-electron chi connectivity index (χ0n) is 11.2. The minimum atomic E-state index is -1.46. The van der Waals surface area contributed by atoms with Gasteiger partial charge in [0.15, 0.2) is 0 Å². The van der Waals surface area contributed by atoms with Crippen molar-refractivity contribution in [3.05, 3.63) is 0 Å². The van der Waals surface area contributed by atoms with E-state index in [0.717, 1.165) is 19.3 Å². The Hall–Kier alpha value is -0.160. The summed E-state index contributed by atoms with van der Waals surface area (Å²) in [6.07, 6.45) is 1.81. The molecule has 2 aliphatic carbocycles. The summed E-state index contributed by atoms with van der Waals surface area (Å²) >= 11 is 0. The van der Waals surface area contributed by atoms with Crippen molar-refractivity contribution in [2.45, 2.75) is 63.8 Å². The molecule has 0 aromatic heterocycles. The number of ether oxygens (including phenoxy) is 2. The van der Waals surface area contributed by atoms with Crippen molar-refractivity contribution in [3.63, 3.8) is 0 Å². The van der Waals surface area contributed by atoms with E-state index in [1.54, 1.807) is 0 Å². The fraction of sp³-hybridized carbons (Fsp3) is 1.00. The molecule has 0 aromatic rings. The Balaban J connectivity index is 1.79. The van der Waals surface area contributed by atoms with Crippen molar-refractivity contribution in [1.29, 1.82) is 0 Å². The molecular formula is C14H22O4. The Morgan fingerprint density at radius 1 is 1.06 bits per heavy atom. The molecule has 2 saturated heterocycles. The topological polar surface area (TPSA) is 58.9 Å². The van der Waals surface area contributed by atoms with Crippen molar-refractivity contribution in [3.8, 4) is 0 Å². The molecule has 0 aromatic carbocycles. The van der Waals surface area contributed by atoms with E-state index in [1.165, 1.54) is 0 Å². The fourth-order valence-electron chi connectivity index (χ4n) is 5.25. The third kappa shape index (κ3) is 1.16. The number of hydrogen-bond donors (Lipinski definition) is 2. The van der Waals surface area contributed by atoms with Gasteiger partial charge in [-0.05, 0) is 43.4 Å². The van der Waals surface area contributed by atoms with Gasteiger partial charge in [0, 0.05) is 5.92 Å². The van der Waals surface area contributed by atoms with Crippen molar-refractivity contribution < 1.29 is 19.7 Å². The zero-order chi connectivity index (χ0) is 12.9. The molecular weight excluding hydrogens is 232 g/mol. The summed E-state index contributed by atoms with van der Waals surface area (Å²) in [7, 11) is 0. The molecule has 18 heavy (non-hydrogen) atoms. The molecule has 2 N–H and O–H groups in total. The van der Waals surface area contributed by atoms with Crippen LogP contribution in [-0.4, -0.2) is 34.0 Å². The average molecular weight is 254 g/mol. The maximum absolute atomic E-state index is 10.5. The van der Waals surface area contributed by atoms with E-state index in [1.807, 2.05) is 0 Å². The van der Waals surface area contributed by atoms with E-state index in [4.69, 9.17) is 9.47 Å². The first kappa shape index (κ1) is 11.6. The minimum Gasteiger partial charge on any atom is -0.364 e. The summed E-state index contributed by atoms with van der Waals surface area (Å²) < 4.78 is 11.6. The maximum atomic E-state index is 10.5. The molecule has 2 bridgehead atoms. The largest absolute Gasteiger partial charge is 0.364 e. The van der Waals surface area contributed by atoms with Gasteiger partial charge in [0.05, 0.1) is 11.7 Å². The third-order valence-corrected chi connectivity index (χ3v) is 5.87. The van der Waals surface area contributed by atoms with Crippen LogP contribution in [0.2, 0.25) is 0 Å². The van der Waals surface area contributed by atoms with E-state index in [9.17, 15) is 10.2 Å². The Labute approximate surface area is 107 Å². The van der Waals surface area contributed by atoms with Crippen molar-refractivity contribution in [1.82, 2.24) is 0 Å². The fourth-order valence-corrected chi connectivity index (χ4v) is 5.25. The van der Waals surface area contributed by atoms with Gasteiger partial charge in [-0.3, -0.25) is 0 Å². The molecule has 4 rings (SSSR count). The molecule has 4 nitrogen and oxygen atoms in total. The first-order valence-corrected chi connectivity index (χ1v) is 7.01. The van der Waals surface area contributed by atoms with Gasteiger partial charge in [-0.25, -0.2) is 0 Å². The quantitative estimate of drug-likeness (QED) is 0.683. The second-order valence-electron chi connectivity index (χ2n) is 7.77. The second-order valence-corrected chi connectivity index (χ2v) is 7.77. The van der Waals surface area contributed by atoms with E-state index in [0.29, 0.717) is 17.3 Å². The molecule has 7 atom stereocenters. The molecule has 4 fully saturated rings. The smallest absolute Gasteiger partial charge is 0.224 e. The lowest BCUT2D eigenvalue weighted by Crippen LogP contribution is -2.48. The summed E-state index contributed by atoms with van der Waals surface area (Å²) in [5.74, 6) is -0.675. The van der Waals surface area contributed by atoms with E-state index in [2.05, 4.69) is 20.8 Å². The van der Waals surface area contributed by atoms with E-state index >= 15 is 0 Å². The molecule has 0 unspecified atom stereocenters. The highest BCUT2D eigenvalue weighted by Gasteiger charge is 2.74. The molecule has 0 spiro atoms. The number of rotatable bonds is 0. The van der Waals surface area contributed by atoms with Crippen LogP contribution in [0.3, 0.4) is 0 Å². The average Bonchev–Trinajstić information content (AvgIpc) is 2.76. The Bertz CT molecular complexity index is 409. The normalized spacial score (nSPS) is 64.2. The predicted molar refractivity (Wildman–Crippen MR) is 63.4 cm³/mol. The summed E-state index contributed by atoms with van der Waals surface area (Å²) in [5, 5.41) is 20.5. The molecule has 4 aliphatic rings. The van der Waals surface area contributed by atoms with Crippen LogP contribution in [0.4, 0.5) is 0 Å². The first-order chi connectivity index (χ1) is 8.25. The lowest BCUT2D eigenvalue weighted by Gasteiger charge is -2.42. The third-order valence-electron chi connectivity index (χ3n) is 5.87. The summed E-state index contributed by atoms with van der Waals surface area (Å²) in [6.45, 7) is 6.69. The van der Waals surface area contributed by atoms with Gasteiger partial charge in [-0.2, -0.15) is 0 Å². The molecule has 2 heterocycles. The molecule has 4 heteroatoms. The van der Waals surface area contributed by atoms with Gasteiger partial charge >= 0.3 is 0 Å². The van der Waals surface area contributed by atoms with Crippen molar-refractivity contribution in [2.75, 3.05) is 0 Å². The van der Waals surface area contributed by atoms with Gasteiger partial charge in [-0.1, -0.05) is 13.8 Å². The van der Waals surface area contributed by atoms with E-state index < -0.39 is 12.1 Å². The minimum absolute atomic E-state index is 0.0349. The van der Waals surface area contributed by atoms with Crippen molar-refractivity contribution in [2.24, 2.45) is 23.2 Å². The first-order valence-electron chi connectivity index (χ1n) is 7.01. The number of fused-ring (bicyclic) bond motifs is 4. The van der Waals surface area contributed by atoms with Gasteiger partial charge < -0.3 is 19.7 Å². The molecule has 2 saturated carbocycles. The Kier molecular flexibility index (Phi) is 1.91. The van der Waals surface area contributed by atoms with Gasteiger partial charge in [-0.15, -0.1) is 0 Å². The van der Waals surface area contributed by atoms with Crippen LogP contribution in [0.1, 0.15) is 40.0 Å². The van der Waals surface area contributed by atoms with Crippen LogP contribution in [0.15, 0.2) is 0 Å². The standard InChI is InChI=1S/C14H22O4/c1-12(2)4-7-8(5-12)13(3)6-9-10(7)17-11(15)14(9,16)18-13/h7-11,15-16H,4-6H2,1-3H3/t7-,8+,9-,10+,11+,13+,14-/m1/s1. The lowest BCUT2D eigenvalue weighted by molar-refractivity contribution is -0.319. The van der Waals surface area contributed by atoms with E-state index in [-0.39, 0.29) is 17.6 Å². The number of aliphatic hydroxyl groups excluding tert-OH is 1. The molecule has 0 amide bonds. The van der Waals surface area contributed by atoms with Crippen LogP contribution in [0.25, 0.3) is 0 Å². The zero-order valence-corrected chi connectivity index (χ0v) is 11.2. The van der Waals surface area contributed by atoms with Gasteiger partial charge in [0.2, 0.25) is 12.1 Å². The second kappa shape index (κ2) is 2.95. The van der Waals surface area contributed by atoms with Crippen LogP contribution in [0, 0.1) is 23.2 Å². The number of aliphatic hydroxyl groups is 2. The number of hydrogen-bond acceptors (Lipinski definition) is 4. The highest BCUT2D eigenvalue weighted by molar-refractivity contribution is 5.16. The van der Waals surface area contributed by atoms with Gasteiger partial charge in [0.1, 0.15) is 0 Å². The maximum Gasteiger partial charge on any atom is 0.224 e.